The Morgan fingerprint density at radius 2 is 2.15 bits per heavy atom. The highest BCUT2D eigenvalue weighted by Gasteiger charge is 2.12. The maximum Gasteiger partial charge on any atom is 0.262 e. The smallest absolute Gasteiger partial charge is 0.262 e. The van der Waals surface area contributed by atoms with Crippen molar-refractivity contribution in [3.8, 4) is 6.07 Å². The number of anilines is 1. The first-order valence-corrected chi connectivity index (χ1v) is 10.4. The summed E-state index contributed by atoms with van der Waals surface area (Å²) in [4.78, 5) is 30.6. The second-order valence-corrected chi connectivity index (χ2v) is 8.03. The Kier molecular flexibility index (Phi) is 5.98. The Labute approximate surface area is 162 Å². The molecule has 2 aromatic heterocycles. The molecule has 2 heterocycles. The van der Waals surface area contributed by atoms with Gasteiger partial charge in [0.15, 0.2) is 5.16 Å². The van der Waals surface area contributed by atoms with Crippen molar-refractivity contribution >= 4 is 56.7 Å². The molecule has 0 spiro atoms. The lowest BCUT2D eigenvalue weighted by molar-refractivity contribution is -0.113. The number of hydrogen-bond donors (Lipinski definition) is 1. The van der Waals surface area contributed by atoms with Gasteiger partial charge in [0.2, 0.25) is 5.91 Å². The van der Waals surface area contributed by atoms with Gasteiger partial charge in [-0.1, -0.05) is 23.9 Å². The number of nitrogens with zero attached hydrogens (tertiary/aromatic N) is 3. The summed E-state index contributed by atoms with van der Waals surface area (Å²) in [5.74, 6) is 0.253. The van der Waals surface area contributed by atoms with E-state index in [9.17, 15) is 9.59 Å². The number of carbonyl (C=O) groups is 1. The van der Waals surface area contributed by atoms with Crippen molar-refractivity contribution in [2.75, 3.05) is 16.8 Å². The quantitative estimate of drug-likeness (QED) is 0.503. The molecule has 0 saturated heterocycles. The van der Waals surface area contributed by atoms with Gasteiger partial charge in [0, 0.05) is 11.9 Å². The molecule has 1 N–H and O–H groups in total. The zero-order valence-electron chi connectivity index (χ0n) is 13.8. The molecule has 0 aliphatic rings. The number of amides is 1. The molecule has 1 amide bonds. The van der Waals surface area contributed by atoms with Crippen LogP contribution in [-0.2, 0) is 11.8 Å². The molecule has 0 atom stereocenters. The van der Waals surface area contributed by atoms with E-state index < -0.39 is 0 Å². The van der Waals surface area contributed by atoms with E-state index in [0.29, 0.717) is 26.8 Å². The summed E-state index contributed by atoms with van der Waals surface area (Å²) in [6.45, 7) is 0. The van der Waals surface area contributed by atoms with Gasteiger partial charge < -0.3 is 5.32 Å². The minimum Gasteiger partial charge on any atom is -0.324 e. The molecule has 3 aromatic rings. The maximum absolute atomic E-state index is 12.3. The predicted molar refractivity (Wildman–Crippen MR) is 107 cm³/mol. The van der Waals surface area contributed by atoms with Crippen LogP contribution in [0.25, 0.3) is 10.2 Å². The van der Waals surface area contributed by atoms with E-state index in [1.54, 1.807) is 19.2 Å². The molecular formula is C17H14N4O2S3. The number of thiophene rings is 1. The molecule has 0 bridgehead atoms. The molecule has 6 nitrogen and oxygen atoms in total. The van der Waals surface area contributed by atoms with E-state index in [1.165, 1.54) is 39.4 Å². The average molecular weight is 403 g/mol. The number of benzene rings is 1. The Hall–Kier alpha value is -2.28. The molecule has 132 valence electrons. The fourth-order valence-electron chi connectivity index (χ4n) is 2.23. The van der Waals surface area contributed by atoms with Crippen LogP contribution in [0.2, 0.25) is 0 Å². The van der Waals surface area contributed by atoms with E-state index in [0.717, 1.165) is 4.90 Å². The highest BCUT2D eigenvalue weighted by atomic mass is 32.2. The predicted octanol–water partition coefficient (Wildman–Crippen LogP) is 3.34. The first kappa shape index (κ1) is 18.5. The number of thioether (sulfide) groups is 2. The van der Waals surface area contributed by atoms with E-state index in [2.05, 4.69) is 16.4 Å². The minimum atomic E-state index is -0.194. The van der Waals surface area contributed by atoms with E-state index in [-0.39, 0.29) is 17.2 Å². The van der Waals surface area contributed by atoms with Gasteiger partial charge in [-0.05, 0) is 23.6 Å². The van der Waals surface area contributed by atoms with E-state index in [4.69, 9.17) is 5.26 Å². The number of nitrogens with one attached hydrogen (secondary N) is 1. The zero-order valence-corrected chi connectivity index (χ0v) is 16.2. The standard InChI is InChI=1S/C17H14N4O2S3/c1-21-16(23)11-6-8-25-15(11)20-17(21)26-10-14(22)19-12-4-2-3-5-13(12)24-9-7-18/h2-6,8H,9-10H2,1H3,(H,19,22). The number of fused-ring (bicyclic) bond motifs is 1. The number of carbonyl (C=O) groups excluding carboxylic acids is 1. The summed E-state index contributed by atoms with van der Waals surface area (Å²) in [5.41, 5.74) is 0.561. The molecule has 3 rings (SSSR count). The van der Waals surface area contributed by atoms with Gasteiger partial charge >= 0.3 is 0 Å². The van der Waals surface area contributed by atoms with Crippen LogP contribution in [0.3, 0.4) is 0 Å². The van der Waals surface area contributed by atoms with Crippen molar-refractivity contribution in [3.05, 3.63) is 46.1 Å². The summed E-state index contributed by atoms with van der Waals surface area (Å²) < 4.78 is 1.46. The monoisotopic (exact) mass is 402 g/mol. The van der Waals surface area contributed by atoms with Crippen LogP contribution in [0.4, 0.5) is 5.69 Å². The first-order chi connectivity index (χ1) is 12.6. The van der Waals surface area contributed by atoms with Gasteiger partial charge in [-0.15, -0.1) is 23.1 Å². The molecule has 9 heteroatoms. The van der Waals surface area contributed by atoms with Gasteiger partial charge in [-0.25, -0.2) is 4.98 Å². The summed E-state index contributed by atoms with van der Waals surface area (Å²) in [5, 5.41) is 14.5. The van der Waals surface area contributed by atoms with Crippen molar-refractivity contribution < 1.29 is 4.79 Å². The maximum atomic E-state index is 12.3. The molecule has 0 fully saturated rings. The fraction of sp³-hybridized carbons (Fsp3) is 0.176. The van der Waals surface area contributed by atoms with Crippen molar-refractivity contribution in [1.82, 2.24) is 9.55 Å². The third-order valence-electron chi connectivity index (χ3n) is 3.45. The molecule has 0 aliphatic heterocycles. The molecule has 0 unspecified atom stereocenters. The van der Waals surface area contributed by atoms with E-state index >= 15 is 0 Å². The van der Waals surface area contributed by atoms with Crippen molar-refractivity contribution in [1.29, 1.82) is 5.26 Å². The summed E-state index contributed by atoms with van der Waals surface area (Å²) in [6, 6.07) is 11.2. The van der Waals surface area contributed by atoms with Crippen LogP contribution in [0.5, 0.6) is 0 Å². The zero-order chi connectivity index (χ0) is 18.5. The Bertz CT molecular complexity index is 1050. The lowest BCUT2D eigenvalue weighted by Crippen LogP contribution is -2.21. The Balaban J connectivity index is 1.70. The topological polar surface area (TPSA) is 87.8 Å². The second kappa shape index (κ2) is 8.40. The minimum absolute atomic E-state index is 0.114. The fourth-order valence-corrected chi connectivity index (χ4v) is 4.48. The largest absolute Gasteiger partial charge is 0.324 e. The van der Waals surface area contributed by atoms with Crippen molar-refractivity contribution in [3.63, 3.8) is 0 Å². The molecule has 0 radical (unpaired) electrons. The number of para-hydroxylation sites is 1. The van der Waals surface area contributed by atoms with Crippen LogP contribution in [-0.4, -0.2) is 27.0 Å². The Morgan fingerprint density at radius 1 is 1.35 bits per heavy atom. The highest BCUT2D eigenvalue weighted by Crippen LogP contribution is 2.27. The van der Waals surface area contributed by atoms with Crippen LogP contribution in [0, 0.1) is 11.3 Å². The van der Waals surface area contributed by atoms with Gasteiger partial charge in [0.1, 0.15) is 4.83 Å². The normalized spacial score (nSPS) is 10.6. The molecule has 0 saturated carbocycles. The summed E-state index contributed by atoms with van der Waals surface area (Å²) in [6.07, 6.45) is 0. The highest BCUT2D eigenvalue weighted by molar-refractivity contribution is 8.00. The van der Waals surface area contributed by atoms with E-state index in [1.807, 2.05) is 23.6 Å². The number of aromatic nitrogens is 2. The molecule has 26 heavy (non-hydrogen) atoms. The number of rotatable bonds is 6. The number of nitriles is 1. The van der Waals surface area contributed by atoms with Crippen LogP contribution < -0.4 is 10.9 Å². The lowest BCUT2D eigenvalue weighted by Gasteiger charge is -2.10. The van der Waals surface area contributed by atoms with Gasteiger partial charge in [0.05, 0.1) is 28.6 Å². The number of hydrogen-bond acceptors (Lipinski definition) is 7. The second-order valence-electron chi connectivity index (χ2n) is 5.18. The Morgan fingerprint density at radius 3 is 2.96 bits per heavy atom. The summed E-state index contributed by atoms with van der Waals surface area (Å²) >= 11 is 3.99. The average Bonchev–Trinajstić information content (AvgIpc) is 3.11. The van der Waals surface area contributed by atoms with Crippen molar-refractivity contribution in [2.24, 2.45) is 7.05 Å². The van der Waals surface area contributed by atoms with Gasteiger partial charge in [-0.3, -0.25) is 14.2 Å². The van der Waals surface area contributed by atoms with Crippen LogP contribution in [0.15, 0.2) is 50.6 Å². The molecule has 0 aliphatic carbocycles. The summed E-state index contributed by atoms with van der Waals surface area (Å²) in [7, 11) is 1.65. The van der Waals surface area contributed by atoms with Gasteiger partial charge in [-0.2, -0.15) is 5.26 Å². The third-order valence-corrected chi connectivity index (χ3v) is 6.23. The van der Waals surface area contributed by atoms with Crippen LogP contribution in [0.1, 0.15) is 0 Å². The SMILES string of the molecule is Cn1c(SCC(=O)Nc2ccccc2SCC#N)nc2sccc2c1=O. The van der Waals surface area contributed by atoms with Crippen LogP contribution >= 0.6 is 34.9 Å². The first-order valence-electron chi connectivity index (χ1n) is 7.56. The lowest BCUT2D eigenvalue weighted by atomic mass is 10.3. The third kappa shape index (κ3) is 4.09. The van der Waals surface area contributed by atoms with Crippen molar-refractivity contribution in [2.45, 2.75) is 10.1 Å². The van der Waals surface area contributed by atoms with Gasteiger partial charge in [0.25, 0.3) is 5.56 Å². The molecule has 1 aromatic carbocycles. The molecular weight excluding hydrogens is 388 g/mol.